The molecular weight excluding hydrogens is 376 g/mol. The average Bonchev–Trinajstić information content (AvgIpc) is 2.58. The van der Waals surface area contributed by atoms with Crippen molar-refractivity contribution >= 4 is 20.0 Å². The Morgan fingerprint density at radius 1 is 1.04 bits per heavy atom. The second kappa shape index (κ2) is 8.17. The Bertz CT molecular complexity index is 969. The number of rotatable bonds is 8. The highest BCUT2D eigenvalue weighted by Crippen LogP contribution is 2.24. The molecule has 0 aliphatic heterocycles. The van der Waals surface area contributed by atoms with Gasteiger partial charge in [0.1, 0.15) is 10.6 Å². The molecule has 0 radical (unpaired) electrons. The van der Waals surface area contributed by atoms with Crippen LogP contribution in [0.25, 0.3) is 0 Å². The topological polar surface area (TPSA) is 116 Å². The normalized spacial score (nSPS) is 12.1. The number of methoxy groups -OCH3 is 1. The van der Waals surface area contributed by atoms with Crippen LogP contribution in [0.1, 0.15) is 17.5 Å². The third kappa shape index (κ3) is 5.28. The minimum Gasteiger partial charge on any atom is -0.495 e. The van der Waals surface area contributed by atoms with Crippen LogP contribution in [0.15, 0.2) is 52.3 Å². The molecular formula is C17H22N2O5S2. The first-order valence-electron chi connectivity index (χ1n) is 7.89. The number of primary sulfonamides is 1. The molecule has 0 bridgehead atoms. The van der Waals surface area contributed by atoms with E-state index in [0.717, 1.165) is 11.1 Å². The summed E-state index contributed by atoms with van der Waals surface area (Å²) in [6.45, 7) is 2.06. The van der Waals surface area contributed by atoms with Gasteiger partial charge in [-0.15, -0.1) is 0 Å². The third-order valence-corrected chi connectivity index (χ3v) is 6.21. The van der Waals surface area contributed by atoms with Gasteiger partial charge >= 0.3 is 0 Å². The first kappa shape index (κ1) is 20.4. The van der Waals surface area contributed by atoms with Crippen LogP contribution in [-0.4, -0.2) is 30.5 Å². The Morgan fingerprint density at radius 2 is 1.69 bits per heavy atom. The molecule has 7 nitrogen and oxygen atoms in total. The fourth-order valence-corrected chi connectivity index (χ4v) is 4.26. The van der Waals surface area contributed by atoms with E-state index >= 15 is 0 Å². The fourth-order valence-electron chi connectivity index (χ4n) is 2.42. The van der Waals surface area contributed by atoms with Crippen LogP contribution in [-0.2, 0) is 26.5 Å². The largest absolute Gasteiger partial charge is 0.495 e. The van der Waals surface area contributed by atoms with E-state index < -0.39 is 20.0 Å². The number of aryl methyl sites for hydroxylation is 2. The third-order valence-electron chi connectivity index (χ3n) is 3.79. The molecule has 2 aromatic rings. The van der Waals surface area contributed by atoms with E-state index in [1.807, 2.05) is 6.92 Å². The standard InChI is InChI=1S/C17H22N2O5S2/c1-13-5-10-16(24-2)17(12-13)26(22,23)19-11-3-4-14-6-8-15(9-7-14)25(18,20)21/h5-10,12,19H,3-4,11H2,1-2H3,(H2,18,20,21). The van der Waals surface area contributed by atoms with Gasteiger partial charge in [0, 0.05) is 6.54 Å². The maximum Gasteiger partial charge on any atom is 0.244 e. The van der Waals surface area contributed by atoms with Crippen molar-refractivity contribution in [3.8, 4) is 5.75 Å². The molecule has 0 amide bonds. The molecule has 0 aliphatic carbocycles. The Morgan fingerprint density at radius 3 is 2.27 bits per heavy atom. The van der Waals surface area contributed by atoms with Crippen LogP contribution in [0.2, 0.25) is 0 Å². The summed E-state index contributed by atoms with van der Waals surface area (Å²) < 4.78 is 55.0. The van der Waals surface area contributed by atoms with Gasteiger partial charge < -0.3 is 4.74 Å². The molecule has 0 saturated heterocycles. The molecule has 26 heavy (non-hydrogen) atoms. The van der Waals surface area contributed by atoms with Gasteiger partial charge in [0.15, 0.2) is 0 Å². The van der Waals surface area contributed by atoms with Gasteiger partial charge in [-0.05, 0) is 55.2 Å². The number of hydrogen-bond donors (Lipinski definition) is 2. The first-order valence-corrected chi connectivity index (χ1v) is 10.9. The predicted octanol–water partition coefficient (Wildman–Crippen LogP) is 1.56. The summed E-state index contributed by atoms with van der Waals surface area (Å²) in [6.07, 6.45) is 1.15. The molecule has 0 heterocycles. The molecule has 142 valence electrons. The molecule has 0 atom stereocenters. The molecule has 0 fully saturated rings. The lowest BCUT2D eigenvalue weighted by molar-refractivity contribution is 0.402. The zero-order chi connectivity index (χ0) is 19.4. The van der Waals surface area contributed by atoms with E-state index in [2.05, 4.69) is 4.72 Å². The highest BCUT2D eigenvalue weighted by molar-refractivity contribution is 7.89. The van der Waals surface area contributed by atoms with Crippen LogP contribution >= 0.6 is 0 Å². The summed E-state index contributed by atoms with van der Waals surface area (Å²) in [6, 6.07) is 11.2. The Balaban J connectivity index is 1.96. The van der Waals surface area contributed by atoms with Crippen molar-refractivity contribution in [2.75, 3.05) is 13.7 Å². The molecule has 2 rings (SSSR count). The Kier molecular flexibility index (Phi) is 6.40. The van der Waals surface area contributed by atoms with Gasteiger partial charge in [0.2, 0.25) is 20.0 Å². The number of benzene rings is 2. The highest BCUT2D eigenvalue weighted by Gasteiger charge is 2.19. The molecule has 9 heteroatoms. The maximum atomic E-state index is 12.5. The van der Waals surface area contributed by atoms with Gasteiger partial charge in [-0.2, -0.15) is 0 Å². The number of ether oxygens (including phenoxy) is 1. The molecule has 2 aromatic carbocycles. The highest BCUT2D eigenvalue weighted by atomic mass is 32.2. The molecule has 0 unspecified atom stereocenters. The second-order valence-electron chi connectivity index (χ2n) is 5.84. The Hall–Kier alpha value is -1.94. The maximum absolute atomic E-state index is 12.5. The van der Waals surface area contributed by atoms with Crippen molar-refractivity contribution in [2.45, 2.75) is 29.6 Å². The van der Waals surface area contributed by atoms with Crippen molar-refractivity contribution < 1.29 is 21.6 Å². The molecule has 3 N–H and O–H groups in total. The lowest BCUT2D eigenvalue weighted by Crippen LogP contribution is -2.25. The Labute approximate surface area is 154 Å². The monoisotopic (exact) mass is 398 g/mol. The van der Waals surface area contributed by atoms with E-state index in [-0.39, 0.29) is 16.3 Å². The van der Waals surface area contributed by atoms with Crippen molar-refractivity contribution in [1.29, 1.82) is 0 Å². The van der Waals surface area contributed by atoms with Crippen LogP contribution in [0, 0.1) is 6.92 Å². The van der Waals surface area contributed by atoms with Gasteiger partial charge in [-0.3, -0.25) is 0 Å². The summed E-state index contributed by atoms with van der Waals surface area (Å²) in [5.74, 6) is 0.293. The van der Waals surface area contributed by atoms with Crippen molar-refractivity contribution in [3.05, 3.63) is 53.6 Å². The minimum absolute atomic E-state index is 0.0495. The number of nitrogens with two attached hydrogens (primary N) is 1. The number of sulfonamides is 2. The predicted molar refractivity (Wildman–Crippen MR) is 99.1 cm³/mol. The van der Waals surface area contributed by atoms with Crippen LogP contribution in [0.3, 0.4) is 0 Å². The van der Waals surface area contributed by atoms with E-state index in [1.165, 1.54) is 19.2 Å². The average molecular weight is 399 g/mol. The smallest absolute Gasteiger partial charge is 0.244 e. The minimum atomic E-state index is -3.71. The fraction of sp³-hybridized carbons (Fsp3) is 0.294. The van der Waals surface area contributed by atoms with E-state index in [4.69, 9.17) is 9.88 Å². The van der Waals surface area contributed by atoms with Crippen LogP contribution in [0.5, 0.6) is 5.75 Å². The van der Waals surface area contributed by atoms with Gasteiger partial charge in [-0.1, -0.05) is 18.2 Å². The van der Waals surface area contributed by atoms with Gasteiger partial charge in [0.25, 0.3) is 0 Å². The van der Waals surface area contributed by atoms with Crippen LogP contribution in [0.4, 0.5) is 0 Å². The SMILES string of the molecule is COc1ccc(C)cc1S(=O)(=O)NCCCc1ccc(S(N)(=O)=O)cc1. The van der Waals surface area contributed by atoms with E-state index in [1.54, 1.807) is 30.3 Å². The second-order valence-corrected chi connectivity index (χ2v) is 9.14. The molecule has 0 saturated carbocycles. The number of hydrogen-bond acceptors (Lipinski definition) is 5. The quantitative estimate of drug-likeness (QED) is 0.655. The van der Waals surface area contributed by atoms with Crippen molar-refractivity contribution in [3.63, 3.8) is 0 Å². The zero-order valence-corrected chi connectivity index (χ0v) is 16.2. The summed E-state index contributed by atoms with van der Waals surface area (Å²) in [7, 11) is -5.96. The van der Waals surface area contributed by atoms with Gasteiger partial charge in [0.05, 0.1) is 12.0 Å². The zero-order valence-electron chi connectivity index (χ0n) is 14.6. The summed E-state index contributed by atoms with van der Waals surface area (Å²) in [5.41, 5.74) is 1.71. The van der Waals surface area contributed by atoms with E-state index in [9.17, 15) is 16.8 Å². The number of nitrogens with one attached hydrogen (secondary N) is 1. The molecule has 0 spiro atoms. The summed E-state index contributed by atoms with van der Waals surface area (Å²) in [4.78, 5) is 0.158. The molecule has 0 aromatic heterocycles. The summed E-state index contributed by atoms with van der Waals surface area (Å²) >= 11 is 0. The van der Waals surface area contributed by atoms with Crippen molar-refractivity contribution in [2.24, 2.45) is 5.14 Å². The molecule has 0 aliphatic rings. The lowest BCUT2D eigenvalue weighted by atomic mass is 10.1. The summed E-state index contributed by atoms with van der Waals surface area (Å²) in [5, 5.41) is 5.05. The lowest BCUT2D eigenvalue weighted by Gasteiger charge is -2.11. The van der Waals surface area contributed by atoms with E-state index in [0.29, 0.717) is 18.6 Å². The van der Waals surface area contributed by atoms with Crippen molar-refractivity contribution in [1.82, 2.24) is 4.72 Å². The van der Waals surface area contributed by atoms with Gasteiger partial charge in [-0.25, -0.2) is 26.7 Å². The first-order chi connectivity index (χ1) is 12.1. The van der Waals surface area contributed by atoms with Crippen LogP contribution < -0.4 is 14.6 Å².